The number of carbonyl (C=O) groups is 1. The summed E-state index contributed by atoms with van der Waals surface area (Å²) in [5, 5.41) is 10.9. The fourth-order valence-electron chi connectivity index (χ4n) is 6.90. The molecule has 0 spiro atoms. The first-order valence-electron chi connectivity index (χ1n) is 10.7. The van der Waals surface area contributed by atoms with Crippen LogP contribution in [0.15, 0.2) is 16.3 Å². The minimum atomic E-state index is -3.46. The van der Waals surface area contributed by atoms with Crippen molar-refractivity contribution in [2.45, 2.75) is 61.7 Å². The summed E-state index contributed by atoms with van der Waals surface area (Å²) in [4.78, 5) is 15.9. The second-order valence-electron chi connectivity index (χ2n) is 10.0. The monoisotopic (exact) mass is 438 g/mol. The zero-order chi connectivity index (χ0) is 20.4. The van der Waals surface area contributed by atoms with Gasteiger partial charge >= 0.3 is 0 Å². The molecule has 5 fully saturated rings. The highest BCUT2D eigenvalue weighted by molar-refractivity contribution is 7.91. The number of piperazine rings is 1. The number of sulfonamides is 1. The molecule has 2 atom stereocenters. The maximum atomic E-state index is 13.1. The lowest BCUT2D eigenvalue weighted by Crippen LogP contribution is -2.57. The molecule has 6 nitrogen and oxygen atoms in total. The summed E-state index contributed by atoms with van der Waals surface area (Å²) in [6.45, 7) is 3.52. The van der Waals surface area contributed by atoms with E-state index >= 15 is 0 Å². The molecular formula is C21H30N2O4S2. The first-order chi connectivity index (χ1) is 13.7. The van der Waals surface area contributed by atoms with Crippen LogP contribution >= 0.6 is 11.3 Å². The Kier molecular flexibility index (Phi) is 4.66. The molecule has 0 aromatic carbocycles. The first kappa shape index (κ1) is 20.0. The molecule has 1 saturated heterocycles. The van der Waals surface area contributed by atoms with Gasteiger partial charge in [0.25, 0.3) is 10.0 Å². The van der Waals surface area contributed by atoms with Crippen molar-refractivity contribution in [2.24, 2.45) is 17.3 Å². The molecule has 8 heteroatoms. The van der Waals surface area contributed by atoms with E-state index < -0.39 is 15.6 Å². The van der Waals surface area contributed by atoms with E-state index in [1.165, 1.54) is 22.1 Å². The van der Waals surface area contributed by atoms with Crippen molar-refractivity contribution < 1.29 is 18.3 Å². The smallest absolute Gasteiger partial charge is 0.252 e. The number of carbonyl (C=O) groups excluding carboxylic acids is 1. The molecule has 1 N–H and O–H groups in total. The quantitative estimate of drug-likeness (QED) is 0.784. The van der Waals surface area contributed by atoms with Gasteiger partial charge in [0.05, 0.1) is 5.60 Å². The molecule has 29 heavy (non-hydrogen) atoms. The molecular weight excluding hydrogens is 408 g/mol. The van der Waals surface area contributed by atoms with Gasteiger partial charge in [-0.05, 0) is 74.8 Å². The zero-order valence-electron chi connectivity index (χ0n) is 17.0. The summed E-state index contributed by atoms with van der Waals surface area (Å²) >= 11 is 1.30. The molecule has 2 heterocycles. The first-order valence-corrected chi connectivity index (χ1v) is 13.0. The van der Waals surface area contributed by atoms with Crippen LogP contribution in [0.1, 0.15) is 49.8 Å². The van der Waals surface area contributed by atoms with Gasteiger partial charge in [-0.15, -0.1) is 11.3 Å². The third-order valence-corrected chi connectivity index (χ3v) is 10.9. The van der Waals surface area contributed by atoms with Crippen LogP contribution in [0.3, 0.4) is 0 Å². The van der Waals surface area contributed by atoms with Gasteiger partial charge in [-0.2, -0.15) is 4.31 Å². The predicted octanol–water partition coefficient (Wildman–Crippen LogP) is 2.61. The fourth-order valence-corrected chi connectivity index (χ4v) is 9.76. The van der Waals surface area contributed by atoms with E-state index in [1.54, 1.807) is 6.07 Å². The third kappa shape index (κ3) is 3.56. The van der Waals surface area contributed by atoms with Crippen molar-refractivity contribution in [3.8, 4) is 0 Å². The normalized spacial score (nSPS) is 37.2. The van der Waals surface area contributed by atoms with Crippen LogP contribution in [-0.2, 0) is 14.8 Å². The molecule has 0 radical (unpaired) electrons. The van der Waals surface area contributed by atoms with Gasteiger partial charge in [-0.3, -0.25) is 4.79 Å². The molecule has 0 unspecified atom stereocenters. The Morgan fingerprint density at radius 2 is 1.79 bits per heavy atom. The topological polar surface area (TPSA) is 77.9 Å². The Bertz CT molecular complexity index is 903. The number of nitrogens with zero attached hydrogens (tertiary/aromatic N) is 2. The van der Waals surface area contributed by atoms with E-state index in [9.17, 15) is 18.3 Å². The van der Waals surface area contributed by atoms with E-state index in [2.05, 4.69) is 0 Å². The highest BCUT2D eigenvalue weighted by Gasteiger charge is 2.57. The van der Waals surface area contributed by atoms with Gasteiger partial charge in [0.15, 0.2) is 0 Å². The minimum Gasteiger partial charge on any atom is -0.390 e. The minimum absolute atomic E-state index is 0.0341. The Morgan fingerprint density at radius 3 is 2.34 bits per heavy atom. The van der Waals surface area contributed by atoms with Gasteiger partial charge in [0, 0.05) is 37.5 Å². The highest BCUT2D eigenvalue weighted by Crippen LogP contribution is 2.62. The highest BCUT2D eigenvalue weighted by atomic mass is 32.2. The van der Waals surface area contributed by atoms with E-state index in [0.717, 1.165) is 37.0 Å². The lowest BCUT2D eigenvalue weighted by Gasteiger charge is -2.60. The molecule has 4 aliphatic carbocycles. The van der Waals surface area contributed by atoms with Crippen molar-refractivity contribution in [1.29, 1.82) is 0 Å². The van der Waals surface area contributed by atoms with Crippen LogP contribution in [0, 0.1) is 24.2 Å². The standard InChI is InChI=1S/C21H30N2O4S2/c1-15-2-3-19(28-15)29(26,27)23-6-4-22(5-7-23)18(24)13-20-9-16-8-17(10-20)12-21(25,11-16)14-20/h2-3,16-17,25H,4-14H2,1H3/t16-,17-,20?,21?/m1/s1. The van der Waals surface area contributed by atoms with Gasteiger partial charge in [0.2, 0.25) is 5.91 Å². The summed E-state index contributed by atoms with van der Waals surface area (Å²) in [6, 6.07) is 3.50. The Balaban J connectivity index is 1.22. The van der Waals surface area contributed by atoms with Crippen LogP contribution in [0.2, 0.25) is 0 Å². The second kappa shape index (κ2) is 6.77. The van der Waals surface area contributed by atoms with Crippen LogP contribution in [0.5, 0.6) is 0 Å². The van der Waals surface area contributed by atoms with Crippen molar-refractivity contribution in [3.63, 3.8) is 0 Å². The molecule has 1 aliphatic heterocycles. The molecule has 4 saturated carbocycles. The number of rotatable bonds is 4. The number of aryl methyl sites for hydroxylation is 1. The molecule has 1 aromatic heterocycles. The second-order valence-corrected chi connectivity index (χ2v) is 13.5. The number of hydrogen-bond donors (Lipinski definition) is 1. The summed E-state index contributed by atoms with van der Waals surface area (Å²) < 4.78 is 27.5. The molecule has 4 bridgehead atoms. The largest absolute Gasteiger partial charge is 0.390 e. The molecule has 5 aliphatic rings. The summed E-state index contributed by atoms with van der Waals surface area (Å²) in [7, 11) is -3.46. The van der Waals surface area contributed by atoms with Crippen molar-refractivity contribution in [1.82, 2.24) is 9.21 Å². The van der Waals surface area contributed by atoms with Crippen molar-refractivity contribution in [3.05, 3.63) is 17.0 Å². The molecule has 6 rings (SSSR count). The van der Waals surface area contributed by atoms with Crippen LogP contribution in [0.4, 0.5) is 0 Å². The average Bonchev–Trinajstić information content (AvgIpc) is 3.06. The van der Waals surface area contributed by atoms with E-state index in [1.807, 2.05) is 17.9 Å². The lowest BCUT2D eigenvalue weighted by atomic mass is 9.47. The maximum absolute atomic E-state index is 13.1. The number of hydrogen-bond acceptors (Lipinski definition) is 5. The summed E-state index contributed by atoms with van der Waals surface area (Å²) in [6.07, 6.45) is 6.48. The van der Waals surface area contributed by atoms with Gasteiger partial charge in [-0.1, -0.05) is 0 Å². The zero-order valence-corrected chi connectivity index (χ0v) is 18.6. The van der Waals surface area contributed by atoms with E-state index in [-0.39, 0.29) is 11.3 Å². The average molecular weight is 439 g/mol. The summed E-state index contributed by atoms with van der Waals surface area (Å²) in [5.41, 5.74) is -0.580. The van der Waals surface area contributed by atoms with Crippen molar-refractivity contribution in [2.75, 3.05) is 26.2 Å². The van der Waals surface area contributed by atoms with E-state index in [0.29, 0.717) is 48.6 Å². The van der Waals surface area contributed by atoms with Crippen LogP contribution in [0.25, 0.3) is 0 Å². The molecule has 160 valence electrons. The van der Waals surface area contributed by atoms with Crippen molar-refractivity contribution >= 4 is 27.3 Å². The number of thiophene rings is 1. The van der Waals surface area contributed by atoms with Crippen LogP contribution in [-0.4, -0.2) is 60.4 Å². The Hall–Kier alpha value is -0.960. The molecule has 1 aromatic rings. The third-order valence-electron chi connectivity index (χ3n) is 7.58. The predicted molar refractivity (Wildman–Crippen MR) is 111 cm³/mol. The lowest BCUT2D eigenvalue weighted by molar-refractivity contribution is -0.172. The van der Waals surface area contributed by atoms with Crippen LogP contribution < -0.4 is 0 Å². The van der Waals surface area contributed by atoms with Gasteiger partial charge in [0.1, 0.15) is 4.21 Å². The Labute approximate surface area is 176 Å². The SMILES string of the molecule is Cc1ccc(S(=O)(=O)N2CCN(C(=O)CC34C[C@H]5C[C@@H](CC(O)(C5)C3)C4)CC2)s1. The Morgan fingerprint density at radius 1 is 1.14 bits per heavy atom. The summed E-state index contributed by atoms with van der Waals surface area (Å²) in [5.74, 6) is 1.29. The fraction of sp³-hybridized carbons (Fsp3) is 0.762. The van der Waals surface area contributed by atoms with Gasteiger partial charge < -0.3 is 10.0 Å². The maximum Gasteiger partial charge on any atom is 0.252 e. The van der Waals surface area contributed by atoms with Gasteiger partial charge in [-0.25, -0.2) is 8.42 Å². The molecule has 1 amide bonds. The van der Waals surface area contributed by atoms with E-state index in [4.69, 9.17) is 0 Å². The number of aliphatic hydroxyl groups is 1. The number of amides is 1.